The molecule has 0 heterocycles. The summed E-state index contributed by atoms with van der Waals surface area (Å²) in [6.45, 7) is 9.31. The van der Waals surface area contributed by atoms with Gasteiger partial charge in [0.1, 0.15) is 0 Å². The van der Waals surface area contributed by atoms with Crippen molar-refractivity contribution in [3.8, 4) is 0 Å². The first-order valence-corrected chi connectivity index (χ1v) is 9.96. The molecule has 1 aliphatic rings. The Balaban J connectivity index is 1.70. The SMILES string of the molecule is C=NN(Cc1ccc(C(=NC)OC(=C)C(F)F)cc1)/N=C(\C)C1(c2ccccc2)CC1. The number of ether oxygens (including phenoxy) is 1. The summed E-state index contributed by atoms with van der Waals surface area (Å²) in [4.78, 5) is 3.93. The molecule has 0 spiro atoms. The Hall–Kier alpha value is -3.35. The van der Waals surface area contributed by atoms with Crippen LogP contribution in [0.3, 0.4) is 0 Å². The molecule has 0 aromatic heterocycles. The summed E-state index contributed by atoms with van der Waals surface area (Å²) in [5.41, 5.74) is 3.75. The van der Waals surface area contributed by atoms with Gasteiger partial charge in [0.15, 0.2) is 5.76 Å². The number of allylic oxidation sites excluding steroid dienone is 1. The summed E-state index contributed by atoms with van der Waals surface area (Å²) in [6.07, 6.45) is -0.639. The van der Waals surface area contributed by atoms with E-state index >= 15 is 0 Å². The van der Waals surface area contributed by atoms with Crippen molar-refractivity contribution in [3.05, 3.63) is 83.6 Å². The Morgan fingerprint density at radius 1 is 1.13 bits per heavy atom. The first-order chi connectivity index (χ1) is 14.9. The third-order valence-corrected chi connectivity index (χ3v) is 5.40. The number of hydrogen-bond donors (Lipinski definition) is 0. The third-order valence-electron chi connectivity index (χ3n) is 5.40. The van der Waals surface area contributed by atoms with Gasteiger partial charge in [-0.25, -0.2) is 8.78 Å². The van der Waals surface area contributed by atoms with E-state index in [1.54, 1.807) is 17.3 Å². The van der Waals surface area contributed by atoms with E-state index in [1.165, 1.54) is 12.6 Å². The largest absolute Gasteiger partial charge is 0.438 e. The van der Waals surface area contributed by atoms with E-state index in [9.17, 15) is 8.78 Å². The Bertz CT molecular complexity index is 980. The first-order valence-electron chi connectivity index (χ1n) is 9.96. The van der Waals surface area contributed by atoms with Crippen LogP contribution in [0.15, 0.2) is 82.1 Å². The molecule has 0 aliphatic heterocycles. The quantitative estimate of drug-likeness (QED) is 0.235. The fourth-order valence-corrected chi connectivity index (χ4v) is 3.45. The first kappa shape index (κ1) is 22.3. The highest BCUT2D eigenvalue weighted by atomic mass is 19.3. The van der Waals surface area contributed by atoms with Crippen LogP contribution in [0.1, 0.15) is 36.5 Å². The van der Waals surface area contributed by atoms with E-state index in [-0.39, 0.29) is 11.3 Å². The summed E-state index contributed by atoms with van der Waals surface area (Å²) in [6, 6.07) is 17.6. The van der Waals surface area contributed by atoms with E-state index < -0.39 is 12.2 Å². The van der Waals surface area contributed by atoms with Crippen molar-refractivity contribution in [1.29, 1.82) is 0 Å². The molecule has 1 saturated carbocycles. The molecule has 1 fully saturated rings. The summed E-state index contributed by atoms with van der Waals surface area (Å²) >= 11 is 0. The molecule has 0 unspecified atom stereocenters. The predicted octanol–water partition coefficient (Wildman–Crippen LogP) is 5.38. The number of alkyl halides is 2. The van der Waals surface area contributed by atoms with Gasteiger partial charge in [0, 0.05) is 30.5 Å². The van der Waals surface area contributed by atoms with E-state index in [4.69, 9.17) is 9.84 Å². The minimum absolute atomic E-state index is 0.0228. The molecule has 0 amide bonds. The van der Waals surface area contributed by atoms with Crippen LogP contribution in [0.4, 0.5) is 8.78 Å². The van der Waals surface area contributed by atoms with E-state index in [2.05, 4.69) is 35.5 Å². The molecule has 0 radical (unpaired) electrons. The second-order valence-corrected chi connectivity index (χ2v) is 7.40. The van der Waals surface area contributed by atoms with E-state index in [1.807, 2.05) is 37.3 Å². The molecule has 162 valence electrons. The van der Waals surface area contributed by atoms with Crippen LogP contribution in [0, 0.1) is 0 Å². The topological polar surface area (TPSA) is 49.5 Å². The zero-order valence-corrected chi connectivity index (χ0v) is 17.8. The lowest BCUT2D eigenvalue weighted by Crippen LogP contribution is -2.22. The van der Waals surface area contributed by atoms with Crippen molar-refractivity contribution in [2.45, 2.75) is 38.2 Å². The minimum atomic E-state index is -2.77. The average molecular weight is 424 g/mol. The lowest BCUT2D eigenvalue weighted by molar-refractivity contribution is 0.135. The molecule has 1 aliphatic carbocycles. The molecule has 2 aromatic rings. The molecule has 3 rings (SSSR count). The van der Waals surface area contributed by atoms with E-state index in [0.717, 1.165) is 24.1 Å². The molecule has 0 saturated heterocycles. The number of halogens is 2. The predicted molar refractivity (Wildman–Crippen MR) is 121 cm³/mol. The highest BCUT2D eigenvalue weighted by Gasteiger charge is 2.47. The number of hydrogen-bond acceptors (Lipinski definition) is 5. The van der Waals surface area contributed by atoms with Crippen molar-refractivity contribution in [3.63, 3.8) is 0 Å². The fourth-order valence-electron chi connectivity index (χ4n) is 3.45. The Morgan fingerprint density at radius 3 is 2.29 bits per heavy atom. The van der Waals surface area contributed by atoms with Gasteiger partial charge in [-0.3, -0.25) is 4.99 Å². The number of benzene rings is 2. The van der Waals surface area contributed by atoms with Crippen LogP contribution >= 0.6 is 0 Å². The Morgan fingerprint density at radius 2 is 1.77 bits per heavy atom. The van der Waals surface area contributed by atoms with Gasteiger partial charge in [-0.1, -0.05) is 49.0 Å². The molecule has 7 heteroatoms. The molecule has 31 heavy (non-hydrogen) atoms. The van der Waals surface area contributed by atoms with Gasteiger partial charge in [0.25, 0.3) is 6.43 Å². The summed E-state index contributed by atoms with van der Waals surface area (Å²) in [5, 5.41) is 10.3. The van der Waals surface area contributed by atoms with Crippen LogP contribution in [0.25, 0.3) is 0 Å². The van der Waals surface area contributed by atoms with Gasteiger partial charge in [-0.05, 0) is 43.0 Å². The maximum atomic E-state index is 12.7. The fraction of sp³-hybridized carbons (Fsp3) is 0.292. The van der Waals surface area contributed by atoms with Gasteiger partial charge in [0.05, 0.1) is 6.54 Å². The molecular formula is C24H26F2N4O. The standard InChI is InChI=1S/C24H26F2N4O/c1-17(22(25)26)31-23(27-3)20-12-10-19(11-13-20)16-30(28-4)29-18(2)24(14-15-24)21-8-6-5-7-9-21/h5-13,22H,1,4,14-16H2,2-3H3/b27-23?,29-18+. The number of hydrazone groups is 2. The zero-order valence-electron chi connectivity index (χ0n) is 17.8. The van der Waals surface area contributed by atoms with Crippen molar-refractivity contribution in [2.75, 3.05) is 7.05 Å². The van der Waals surface area contributed by atoms with Gasteiger partial charge in [0.2, 0.25) is 5.90 Å². The van der Waals surface area contributed by atoms with Crippen molar-refractivity contribution < 1.29 is 13.5 Å². The smallest absolute Gasteiger partial charge is 0.294 e. The highest BCUT2D eigenvalue weighted by Crippen LogP contribution is 2.49. The van der Waals surface area contributed by atoms with Crippen LogP contribution < -0.4 is 0 Å². The molecule has 5 nitrogen and oxygen atoms in total. The summed E-state index contributed by atoms with van der Waals surface area (Å²) in [5.74, 6) is -0.549. The third kappa shape index (κ3) is 5.23. The van der Waals surface area contributed by atoms with Gasteiger partial charge < -0.3 is 4.74 Å². The molecule has 0 bridgehead atoms. The number of nitrogens with zero attached hydrogens (tertiary/aromatic N) is 4. The van der Waals surface area contributed by atoms with Crippen molar-refractivity contribution in [2.24, 2.45) is 15.2 Å². The second-order valence-electron chi connectivity index (χ2n) is 7.40. The van der Waals surface area contributed by atoms with E-state index in [0.29, 0.717) is 12.1 Å². The van der Waals surface area contributed by atoms with Crippen LogP contribution in [0.2, 0.25) is 0 Å². The normalized spacial score (nSPS) is 15.5. The average Bonchev–Trinajstić information content (AvgIpc) is 3.60. The summed E-state index contributed by atoms with van der Waals surface area (Å²) < 4.78 is 30.4. The van der Waals surface area contributed by atoms with Gasteiger partial charge >= 0.3 is 0 Å². The maximum absolute atomic E-state index is 12.7. The monoisotopic (exact) mass is 424 g/mol. The number of aliphatic imine (C=N–C) groups is 1. The molecule has 0 N–H and O–H groups in total. The van der Waals surface area contributed by atoms with Crippen molar-refractivity contribution >= 4 is 18.3 Å². The summed E-state index contributed by atoms with van der Waals surface area (Å²) in [7, 11) is 1.48. The highest BCUT2D eigenvalue weighted by molar-refractivity contribution is 5.96. The second kappa shape index (κ2) is 9.64. The van der Waals surface area contributed by atoms with Crippen LogP contribution in [-0.2, 0) is 16.7 Å². The van der Waals surface area contributed by atoms with Crippen LogP contribution in [-0.4, -0.2) is 36.9 Å². The molecular weight excluding hydrogens is 398 g/mol. The van der Waals surface area contributed by atoms with Crippen molar-refractivity contribution in [1.82, 2.24) is 5.12 Å². The lowest BCUT2D eigenvalue weighted by Gasteiger charge is -2.19. The molecule has 2 aromatic carbocycles. The number of rotatable bonds is 9. The zero-order chi connectivity index (χ0) is 22.4. The van der Waals surface area contributed by atoms with Gasteiger partial charge in [-0.15, -0.1) is 0 Å². The molecule has 0 atom stereocenters. The lowest BCUT2D eigenvalue weighted by atomic mass is 9.92. The Kier molecular flexibility index (Phi) is 6.95. The van der Waals surface area contributed by atoms with Gasteiger partial charge in [-0.2, -0.15) is 15.3 Å². The Labute approximate surface area is 181 Å². The maximum Gasteiger partial charge on any atom is 0.294 e. The minimum Gasteiger partial charge on any atom is -0.438 e. The van der Waals surface area contributed by atoms with Crippen LogP contribution in [0.5, 0.6) is 0 Å².